The Bertz CT molecular complexity index is 269. The second kappa shape index (κ2) is 2.79. The Labute approximate surface area is 77.3 Å². The molecule has 0 aromatic heterocycles. The zero-order chi connectivity index (χ0) is 7.84. The quantitative estimate of drug-likeness (QED) is 0.662. The Morgan fingerprint density at radius 1 is 1.27 bits per heavy atom. The Morgan fingerprint density at radius 2 is 1.91 bits per heavy atom. The van der Waals surface area contributed by atoms with Crippen molar-refractivity contribution < 1.29 is 4.39 Å². The van der Waals surface area contributed by atoms with Crippen LogP contribution in [0, 0.1) is 5.82 Å². The molecule has 0 nitrogen and oxygen atoms in total. The van der Waals surface area contributed by atoms with Crippen LogP contribution in [0.15, 0.2) is 16.6 Å². The molecule has 58 valence electrons. The number of thioether (sulfide) groups is 1. The second-order valence-electron chi connectivity index (χ2n) is 2.53. The molecule has 1 aromatic carbocycles. The van der Waals surface area contributed by atoms with Crippen LogP contribution in [0.25, 0.3) is 0 Å². The molecule has 0 spiro atoms. The first-order chi connectivity index (χ1) is 5.27. The molecule has 0 fully saturated rings. The van der Waals surface area contributed by atoms with Crippen LogP contribution in [0.4, 0.5) is 4.39 Å². The molecular formula is C8H6BrFS. The van der Waals surface area contributed by atoms with Crippen molar-refractivity contribution in [3.05, 3.63) is 33.5 Å². The van der Waals surface area contributed by atoms with E-state index in [1.807, 2.05) is 17.8 Å². The van der Waals surface area contributed by atoms with Gasteiger partial charge in [-0.3, -0.25) is 0 Å². The summed E-state index contributed by atoms with van der Waals surface area (Å²) in [6, 6.07) is 3.50. The first-order valence-corrected chi connectivity index (χ1v) is 5.26. The van der Waals surface area contributed by atoms with Crippen molar-refractivity contribution in [2.75, 3.05) is 0 Å². The lowest BCUT2D eigenvalue weighted by molar-refractivity contribution is 0.619. The summed E-state index contributed by atoms with van der Waals surface area (Å²) in [6.45, 7) is 0. The van der Waals surface area contributed by atoms with E-state index in [9.17, 15) is 4.39 Å². The molecule has 2 rings (SSSR count). The fourth-order valence-electron chi connectivity index (χ4n) is 1.17. The summed E-state index contributed by atoms with van der Waals surface area (Å²) in [5.74, 6) is 1.83. The lowest BCUT2D eigenvalue weighted by Gasteiger charge is -1.99. The van der Waals surface area contributed by atoms with Gasteiger partial charge in [0.05, 0.1) is 4.47 Å². The Balaban J connectivity index is 2.57. The summed E-state index contributed by atoms with van der Waals surface area (Å²) in [4.78, 5) is 0. The molecule has 1 aromatic rings. The number of hydrogen-bond donors (Lipinski definition) is 0. The molecule has 1 heterocycles. The third-order valence-electron chi connectivity index (χ3n) is 1.76. The Kier molecular flexibility index (Phi) is 1.93. The molecule has 3 heteroatoms. The van der Waals surface area contributed by atoms with E-state index in [0.29, 0.717) is 4.47 Å². The third-order valence-corrected chi connectivity index (χ3v) is 3.40. The van der Waals surface area contributed by atoms with Crippen molar-refractivity contribution in [2.45, 2.75) is 11.5 Å². The van der Waals surface area contributed by atoms with E-state index < -0.39 is 0 Å². The minimum atomic E-state index is -0.147. The minimum absolute atomic E-state index is 0.147. The molecule has 1 aliphatic heterocycles. The van der Waals surface area contributed by atoms with Gasteiger partial charge >= 0.3 is 0 Å². The molecule has 0 saturated carbocycles. The zero-order valence-corrected chi connectivity index (χ0v) is 8.14. The summed E-state index contributed by atoms with van der Waals surface area (Å²) in [5.41, 5.74) is 2.42. The number of hydrogen-bond acceptors (Lipinski definition) is 1. The smallest absolute Gasteiger partial charge is 0.137 e. The predicted octanol–water partition coefficient (Wildman–Crippen LogP) is 3.34. The fraction of sp³-hybridized carbons (Fsp3) is 0.250. The van der Waals surface area contributed by atoms with Gasteiger partial charge < -0.3 is 0 Å². The molecule has 0 aliphatic carbocycles. The molecule has 1 aliphatic rings. The maximum Gasteiger partial charge on any atom is 0.137 e. The highest BCUT2D eigenvalue weighted by atomic mass is 79.9. The van der Waals surface area contributed by atoms with Crippen molar-refractivity contribution >= 4 is 27.7 Å². The molecule has 0 amide bonds. The third kappa shape index (κ3) is 1.32. The summed E-state index contributed by atoms with van der Waals surface area (Å²) in [5, 5.41) is 0. The first kappa shape index (κ1) is 7.62. The Hall–Kier alpha value is -0.0200. The van der Waals surface area contributed by atoms with Crippen LogP contribution in [-0.4, -0.2) is 0 Å². The van der Waals surface area contributed by atoms with Gasteiger partial charge in [-0.2, -0.15) is 11.8 Å². The molecular weight excluding hydrogens is 227 g/mol. The fourth-order valence-corrected chi connectivity index (χ4v) is 2.64. The van der Waals surface area contributed by atoms with Crippen LogP contribution in [0.1, 0.15) is 11.1 Å². The maximum absolute atomic E-state index is 12.9. The number of halogens is 2. The average molecular weight is 233 g/mol. The summed E-state index contributed by atoms with van der Waals surface area (Å²) >= 11 is 5.00. The van der Waals surface area contributed by atoms with Crippen molar-refractivity contribution in [1.29, 1.82) is 0 Å². The van der Waals surface area contributed by atoms with Crippen LogP contribution in [0.2, 0.25) is 0 Å². The molecule has 0 saturated heterocycles. The molecule has 0 atom stereocenters. The van der Waals surface area contributed by atoms with Crippen molar-refractivity contribution in [3.8, 4) is 0 Å². The topological polar surface area (TPSA) is 0 Å². The van der Waals surface area contributed by atoms with E-state index in [1.165, 1.54) is 5.56 Å². The highest BCUT2D eigenvalue weighted by molar-refractivity contribution is 9.10. The average Bonchev–Trinajstić information content (AvgIpc) is 2.36. The summed E-state index contributed by atoms with van der Waals surface area (Å²) < 4.78 is 13.5. The van der Waals surface area contributed by atoms with Gasteiger partial charge in [0, 0.05) is 11.5 Å². The van der Waals surface area contributed by atoms with Gasteiger partial charge in [-0.15, -0.1) is 0 Å². The van der Waals surface area contributed by atoms with Gasteiger partial charge in [0.15, 0.2) is 0 Å². The minimum Gasteiger partial charge on any atom is -0.206 e. The van der Waals surface area contributed by atoms with E-state index in [1.54, 1.807) is 6.07 Å². The van der Waals surface area contributed by atoms with Gasteiger partial charge in [-0.25, -0.2) is 4.39 Å². The zero-order valence-electron chi connectivity index (χ0n) is 5.73. The van der Waals surface area contributed by atoms with Crippen LogP contribution in [-0.2, 0) is 11.5 Å². The van der Waals surface area contributed by atoms with E-state index in [-0.39, 0.29) is 5.82 Å². The Morgan fingerprint density at radius 3 is 2.64 bits per heavy atom. The van der Waals surface area contributed by atoms with E-state index in [0.717, 1.165) is 17.1 Å². The highest BCUT2D eigenvalue weighted by Crippen LogP contribution is 2.32. The normalized spacial score (nSPS) is 15.1. The predicted molar refractivity (Wildman–Crippen MR) is 49.1 cm³/mol. The number of benzene rings is 1. The van der Waals surface area contributed by atoms with Crippen LogP contribution < -0.4 is 0 Å². The van der Waals surface area contributed by atoms with Crippen molar-refractivity contribution in [1.82, 2.24) is 0 Å². The first-order valence-electron chi connectivity index (χ1n) is 3.32. The van der Waals surface area contributed by atoms with Gasteiger partial charge in [0.1, 0.15) is 5.82 Å². The van der Waals surface area contributed by atoms with E-state index in [2.05, 4.69) is 15.9 Å². The number of rotatable bonds is 0. The van der Waals surface area contributed by atoms with Crippen LogP contribution in [0.3, 0.4) is 0 Å². The van der Waals surface area contributed by atoms with Gasteiger partial charge in [-0.1, -0.05) is 0 Å². The molecule has 0 N–H and O–H groups in total. The standard InChI is InChI=1S/C8H6BrFS/c9-7-1-5-3-11-4-6(5)2-8(7)10/h1-2H,3-4H2. The summed E-state index contributed by atoms with van der Waals surface area (Å²) in [7, 11) is 0. The number of fused-ring (bicyclic) bond motifs is 1. The SMILES string of the molecule is Fc1cc2c(cc1Br)CSC2. The molecule has 0 radical (unpaired) electrons. The maximum atomic E-state index is 12.9. The van der Waals surface area contributed by atoms with Gasteiger partial charge in [0.2, 0.25) is 0 Å². The van der Waals surface area contributed by atoms with Gasteiger partial charge in [0.25, 0.3) is 0 Å². The lowest BCUT2D eigenvalue weighted by atomic mass is 10.1. The van der Waals surface area contributed by atoms with Gasteiger partial charge in [-0.05, 0) is 39.2 Å². The van der Waals surface area contributed by atoms with E-state index in [4.69, 9.17) is 0 Å². The monoisotopic (exact) mass is 232 g/mol. The molecule has 0 unspecified atom stereocenters. The van der Waals surface area contributed by atoms with Crippen molar-refractivity contribution in [3.63, 3.8) is 0 Å². The molecule has 11 heavy (non-hydrogen) atoms. The van der Waals surface area contributed by atoms with Crippen LogP contribution >= 0.6 is 27.7 Å². The van der Waals surface area contributed by atoms with E-state index >= 15 is 0 Å². The van der Waals surface area contributed by atoms with Crippen LogP contribution in [0.5, 0.6) is 0 Å². The van der Waals surface area contributed by atoms with Crippen molar-refractivity contribution in [2.24, 2.45) is 0 Å². The lowest BCUT2D eigenvalue weighted by Crippen LogP contribution is -1.85. The second-order valence-corrected chi connectivity index (χ2v) is 4.37. The largest absolute Gasteiger partial charge is 0.206 e. The highest BCUT2D eigenvalue weighted by Gasteiger charge is 2.13. The molecule has 0 bridgehead atoms. The summed E-state index contributed by atoms with van der Waals surface area (Å²) in [6.07, 6.45) is 0.